The number of ether oxygens (including phenoxy) is 1. The van der Waals surface area contributed by atoms with Gasteiger partial charge in [-0.3, -0.25) is 20.4 Å². The highest BCUT2D eigenvalue weighted by atomic mass is 32.1. The Morgan fingerprint density at radius 2 is 1.80 bits per heavy atom. The van der Waals surface area contributed by atoms with E-state index in [4.69, 9.17) is 17.0 Å². The van der Waals surface area contributed by atoms with Crippen LogP contribution in [-0.2, 0) is 4.79 Å². The van der Waals surface area contributed by atoms with Crippen molar-refractivity contribution in [1.29, 1.82) is 0 Å². The molecule has 0 fully saturated rings. The second-order valence-corrected chi connectivity index (χ2v) is 6.55. The summed E-state index contributed by atoms with van der Waals surface area (Å²) in [5.74, 6) is 0.642. The summed E-state index contributed by atoms with van der Waals surface area (Å²) in [7, 11) is 0. The van der Waals surface area contributed by atoms with Crippen LogP contribution in [0.4, 0.5) is 0 Å². The highest BCUT2D eigenvalue weighted by Gasteiger charge is 2.08. The van der Waals surface area contributed by atoms with Crippen molar-refractivity contribution in [2.24, 2.45) is 5.92 Å². The Morgan fingerprint density at radius 3 is 2.40 bits per heavy atom. The van der Waals surface area contributed by atoms with Crippen molar-refractivity contribution >= 4 is 29.1 Å². The predicted octanol–water partition coefficient (Wildman–Crippen LogP) is 2.94. The number of thiocarbonyl (C=S) groups is 1. The van der Waals surface area contributed by atoms with Crippen LogP contribution in [0.2, 0.25) is 0 Å². The van der Waals surface area contributed by atoms with Gasteiger partial charge >= 0.3 is 0 Å². The average Bonchev–Trinajstić information content (AvgIpc) is 2.58. The molecule has 0 heterocycles. The number of amides is 2. The monoisotopic (exact) mass is 365 g/mol. The summed E-state index contributed by atoms with van der Waals surface area (Å²) < 4.78 is 5.57. The summed E-state index contributed by atoms with van der Waals surface area (Å²) in [5.41, 5.74) is 5.44. The quantitative estimate of drug-likeness (QED) is 0.375. The van der Waals surface area contributed by atoms with E-state index in [1.54, 1.807) is 24.3 Å². The lowest BCUT2D eigenvalue weighted by Crippen LogP contribution is -2.48. The molecule has 0 unspecified atom stereocenters. The summed E-state index contributed by atoms with van der Waals surface area (Å²) in [6, 6.07) is 6.81. The molecule has 0 aliphatic carbocycles. The Labute approximate surface area is 154 Å². The molecule has 0 bridgehead atoms. The third-order valence-corrected chi connectivity index (χ3v) is 3.45. The van der Waals surface area contributed by atoms with Crippen LogP contribution in [-0.4, -0.2) is 23.5 Å². The number of hydrogen-bond donors (Lipinski definition) is 3. The number of carbonyl (C=O) groups excluding carboxylic acids is 2. The topological polar surface area (TPSA) is 79.5 Å². The van der Waals surface area contributed by atoms with Crippen molar-refractivity contribution in [3.63, 3.8) is 0 Å². The van der Waals surface area contributed by atoms with Gasteiger partial charge in [0.15, 0.2) is 5.11 Å². The molecule has 0 spiro atoms. The molecule has 25 heavy (non-hydrogen) atoms. The third-order valence-electron chi connectivity index (χ3n) is 3.25. The van der Waals surface area contributed by atoms with Crippen molar-refractivity contribution < 1.29 is 14.3 Å². The molecule has 0 saturated carbocycles. The zero-order valence-electron chi connectivity index (χ0n) is 15.1. The van der Waals surface area contributed by atoms with Gasteiger partial charge in [-0.25, -0.2) is 0 Å². The van der Waals surface area contributed by atoms with Gasteiger partial charge < -0.3 is 10.1 Å². The van der Waals surface area contributed by atoms with E-state index in [1.807, 2.05) is 0 Å². The van der Waals surface area contributed by atoms with Gasteiger partial charge in [0.25, 0.3) is 5.91 Å². The molecular weight excluding hydrogens is 338 g/mol. The summed E-state index contributed by atoms with van der Waals surface area (Å²) in [5, 5.41) is 2.60. The highest BCUT2D eigenvalue weighted by Crippen LogP contribution is 2.13. The Bertz CT molecular complexity index is 573. The average molecular weight is 365 g/mol. The molecule has 0 aliphatic heterocycles. The minimum Gasteiger partial charge on any atom is -0.493 e. The van der Waals surface area contributed by atoms with Crippen LogP contribution in [0, 0.1) is 5.92 Å². The number of benzene rings is 1. The van der Waals surface area contributed by atoms with E-state index in [0.717, 1.165) is 19.3 Å². The second-order valence-electron chi connectivity index (χ2n) is 6.14. The molecule has 0 atom stereocenters. The molecule has 6 nitrogen and oxygen atoms in total. The predicted molar refractivity (Wildman–Crippen MR) is 102 cm³/mol. The molecule has 0 aromatic heterocycles. The first-order valence-corrected chi connectivity index (χ1v) is 8.96. The van der Waals surface area contributed by atoms with Gasteiger partial charge in [-0.15, -0.1) is 0 Å². The summed E-state index contributed by atoms with van der Waals surface area (Å²) in [4.78, 5) is 23.7. The molecule has 7 heteroatoms. The SMILES string of the molecule is CCCCCC(=O)NC(=S)NNC(=O)c1ccc(OCC(C)C)cc1. The minimum atomic E-state index is -0.349. The molecule has 2 amide bonds. The molecule has 138 valence electrons. The molecule has 0 saturated heterocycles. The van der Waals surface area contributed by atoms with E-state index >= 15 is 0 Å². The summed E-state index contributed by atoms with van der Waals surface area (Å²) in [6.07, 6.45) is 3.29. The number of rotatable bonds is 8. The Kier molecular flexibility index (Phi) is 9.54. The molecule has 3 N–H and O–H groups in total. The van der Waals surface area contributed by atoms with Gasteiger partial charge in [0.2, 0.25) is 5.91 Å². The Hall–Kier alpha value is -2.15. The van der Waals surface area contributed by atoms with E-state index in [9.17, 15) is 9.59 Å². The fraction of sp³-hybridized carbons (Fsp3) is 0.500. The Balaban J connectivity index is 2.35. The van der Waals surface area contributed by atoms with Crippen LogP contribution in [0.1, 0.15) is 56.8 Å². The van der Waals surface area contributed by atoms with Gasteiger partial charge in [-0.1, -0.05) is 33.6 Å². The van der Waals surface area contributed by atoms with Gasteiger partial charge in [-0.2, -0.15) is 0 Å². The van der Waals surface area contributed by atoms with E-state index in [-0.39, 0.29) is 16.9 Å². The number of unbranched alkanes of at least 4 members (excludes halogenated alkanes) is 2. The van der Waals surface area contributed by atoms with Crippen molar-refractivity contribution in [2.45, 2.75) is 46.5 Å². The van der Waals surface area contributed by atoms with Gasteiger partial charge in [-0.05, 0) is 48.8 Å². The first kappa shape index (κ1) is 20.9. The highest BCUT2D eigenvalue weighted by molar-refractivity contribution is 7.80. The second kappa shape index (κ2) is 11.4. The van der Waals surface area contributed by atoms with Crippen molar-refractivity contribution in [2.75, 3.05) is 6.61 Å². The molecule has 1 aromatic carbocycles. The zero-order chi connectivity index (χ0) is 18.7. The van der Waals surface area contributed by atoms with Crippen LogP contribution < -0.4 is 20.9 Å². The van der Waals surface area contributed by atoms with Gasteiger partial charge in [0.05, 0.1) is 6.61 Å². The van der Waals surface area contributed by atoms with Crippen LogP contribution in [0.5, 0.6) is 5.75 Å². The maximum atomic E-state index is 12.0. The first-order valence-electron chi connectivity index (χ1n) is 8.55. The summed E-state index contributed by atoms with van der Waals surface area (Å²) >= 11 is 4.98. The fourth-order valence-corrected chi connectivity index (χ4v) is 2.07. The van der Waals surface area contributed by atoms with E-state index in [0.29, 0.717) is 30.3 Å². The van der Waals surface area contributed by atoms with Crippen LogP contribution in [0.25, 0.3) is 0 Å². The van der Waals surface area contributed by atoms with Gasteiger partial charge in [0, 0.05) is 12.0 Å². The molecule has 1 aromatic rings. The normalized spacial score (nSPS) is 10.2. The number of carbonyl (C=O) groups is 2. The smallest absolute Gasteiger partial charge is 0.269 e. The molecule has 0 radical (unpaired) electrons. The number of hydrogen-bond acceptors (Lipinski definition) is 4. The third kappa shape index (κ3) is 9.05. The maximum absolute atomic E-state index is 12.0. The first-order chi connectivity index (χ1) is 11.9. The van der Waals surface area contributed by atoms with Crippen LogP contribution >= 0.6 is 12.2 Å². The van der Waals surface area contributed by atoms with Crippen LogP contribution in [0.3, 0.4) is 0 Å². The maximum Gasteiger partial charge on any atom is 0.269 e. The van der Waals surface area contributed by atoms with E-state index in [2.05, 4.69) is 36.9 Å². The molecule has 1 rings (SSSR count). The fourth-order valence-electron chi connectivity index (χ4n) is 1.91. The number of nitrogens with one attached hydrogen (secondary N) is 3. The number of hydrazine groups is 1. The van der Waals surface area contributed by atoms with E-state index < -0.39 is 0 Å². The lowest BCUT2D eigenvalue weighted by atomic mass is 10.2. The van der Waals surface area contributed by atoms with E-state index in [1.165, 1.54) is 0 Å². The van der Waals surface area contributed by atoms with Crippen LogP contribution in [0.15, 0.2) is 24.3 Å². The summed E-state index contributed by atoms with van der Waals surface area (Å²) in [6.45, 7) is 6.83. The zero-order valence-corrected chi connectivity index (χ0v) is 15.9. The minimum absolute atomic E-state index is 0.0757. The lowest BCUT2D eigenvalue weighted by molar-refractivity contribution is -0.119. The van der Waals surface area contributed by atoms with Crippen molar-refractivity contribution in [3.8, 4) is 5.75 Å². The van der Waals surface area contributed by atoms with Crippen molar-refractivity contribution in [3.05, 3.63) is 29.8 Å². The lowest BCUT2D eigenvalue weighted by Gasteiger charge is -2.11. The standard InChI is InChI=1S/C18H27N3O3S/c1-4-5-6-7-16(22)19-18(25)21-20-17(23)14-8-10-15(11-9-14)24-12-13(2)3/h8-11,13H,4-7,12H2,1-3H3,(H,20,23)(H2,19,21,22,25). The largest absolute Gasteiger partial charge is 0.493 e. The van der Waals surface area contributed by atoms with Crippen molar-refractivity contribution in [1.82, 2.24) is 16.2 Å². The van der Waals surface area contributed by atoms with Gasteiger partial charge in [0.1, 0.15) is 5.75 Å². The molecule has 0 aliphatic rings. The molecular formula is C18H27N3O3S. The Morgan fingerprint density at radius 1 is 1.12 bits per heavy atom.